The molecule has 2 saturated heterocycles. The highest BCUT2D eigenvalue weighted by molar-refractivity contribution is 7.91. The van der Waals surface area contributed by atoms with Crippen molar-refractivity contribution < 1.29 is 31.2 Å². The summed E-state index contributed by atoms with van der Waals surface area (Å²) in [6.45, 7) is 1.34. The Morgan fingerprint density at radius 1 is 1.09 bits per heavy atom. The van der Waals surface area contributed by atoms with Gasteiger partial charge in [-0.1, -0.05) is 6.07 Å². The number of hydrazone groups is 1. The summed E-state index contributed by atoms with van der Waals surface area (Å²) >= 11 is 0. The van der Waals surface area contributed by atoms with Crippen LogP contribution in [0.4, 0.5) is 18.9 Å². The van der Waals surface area contributed by atoms with Crippen LogP contribution in [0.3, 0.4) is 0 Å². The summed E-state index contributed by atoms with van der Waals surface area (Å²) < 4.78 is 62.4. The van der Waals surface area contributed by atoms with Gasteiger partial charge in [0.1, 0.15) is 5.71 Å². The van der Waals surface area contributed by atoms with Crippen LogP contribution in [-0.2, 0) is 25.6 Å². The molecule has 0 radical (unpaired) electrons. The maximum Gasteiger partial charge on any atom is 0.416 e. The number of amides is 2. The lowest BCUT2D eigenvalue weighted by atomic mass is 10.1. The highest BCUT2D eigenvalue weighted by Gasteiger charge is 2.38. The van der Waals surface area contributed by atoms with Crippen molar-refractivity contribution >= 4 is 33.1 Å². The summed E-state index contributed by atoms with van der Waals surface area (Å²) in [5.41, 5.74) is -0.0636. The Balaban J connectivity index is 1.41. The summed E-state index contributed by atoms with van der Waals surface area (Å²) in [6, 6.07) is 4.54. The van der Waals surface area contributed by atoms with Gasteiger partial charge in [-0.3, -0.25) is 9.59 Å². The van der Waals surface area contributed by atoms with Gasteiger partial charge in [0.25, 0.3) is 5.91 Å². The van der Waals surface area contributed by atoms with E-state index in [4.69, 9.17) is 0 Å². The number of halogens is 3. The molecular formula is C20H23F3N4O4S. The van der Waals surface area contributed by atoms with Crippen molar-refractivity contribution in [3.63, 3.8) is 0 Å². The molecule has 4 rings (SSSR count). The fourth-order valence-electron chi connectivity index (χ4n) is 4.21. The lowest BCUT2D eigenvalue weighted by molar-refractivity contribution is -0.137. The number of piperazine rings is 1. The molecule has 0 spiro atoms. The van der Waals surface area contributed by atoms with Crippen molar-refractivity contribution in [1.29, 1.82) is 0 Å². The maximum atomic E-state index is 13.0. The first-order valence-corrected chi connectivity index (χ1v) is 12.2. The Labute approximate surface area is 183 Å². The van der Waals surface area contributed by atoms with Crippen molar-refractivity contribution in [3.8, 4) is 0 Å². The predicted molar refractivity (Wildman–Crippen MR) is 111 cm³/mol. The quantitative estimate of drug-likeness (QED) is 0.666. The standard InChI is InChI=1S/C20H23F3N4O4S/c21-20(22,23)14-2-1-3-15(12-14)25-7-9-26(10-8-25)19(29)17-4-5-18(28)27(24-17)16-6-11-32(30,31)13-16/h1-3,12,16H,4-11,13H2. The number of hydrogen-bond donors (Lipinski definition) is 0. The Bertz CT molecular complexity index is 1050. The Morgan fingerprint density at radius 3 is 2.44 bits per heavy atom. The molecule has 1 unspecified atom stereocenters. The van der Waals surface area contributed by atoms with Crippen LogP contribution in [0.25, 0.3) is 0 Å². The number of anilines is 1. The zero-order valence-corrected chi connectivity index (χ0v) is 18.0. The molecule has 3 heterocycles. The molecule has 2 fully saturated rings. The van der Waals surface area contributed by atoms with Crippen LogP contribution in [0.15, 0.2) is 29.4 Å². The van der Waals surface area contributed by atoms with Crippen molar-refractivity contribution in [2.75, 3.05) is 42.6 Å². The molecule has 8 nitrogen and oxygen atoms in total. The number of rotatable bonds is 3. The molecule has 1 atom stereocenters. The van der Waals surface area contributed by atoms with E-state index in [1.807, 2.05) is 0 Å². The lowest BCUT2D eigenvalue weighted by Crippen LogP contribution is -2.52. The van der Waals surface area contributed by atoms with Crippen molar-refractivity contribution in [2.24, 2.45) is 5.10 Å². The molecule has 174 valence electrons. The number of hydrogen-bond acceptors (Lipinski definition) is 6. The Morgan fingerprint density at radius 2 is 1.81 bits per heavy atom. The molecule has 0 N–H and O–H groups in total. The summed E-state index contributed by atoms with van der Waals surface area (Å²) in [4.78, 5) is 28.6. The first-order valence-electron chi connectivity index (χ1n) is 10.3. The topological polar surface area (TPSA) is 90.4 Å². The third-order valence-electron chi connectivity index (χ3n) is 5.97. The monoisotopic (exact) mass is 472 g/mol. The number of nitrogens with zero attached hydrogens (tertiary/aromatic N) is 4. The average Bonchev–Trinajstić information content (AvgIpc) is 3.12. The second kappa shape index (κ2) is 8.38. The van der Waals surface area contributed by atoms with Crippen molar-refractivity contribution in [2.45, 2.75) is 31.5 Å². The third kappa shape index (κ3) is 4.74. The van der Waals surface area contributed by atoms with Gasteiger partial charge in [0.15, 0.2) is 9.84 Å². The maximum absolute atomic E-state index is 13.0. The van der Waals surface area contributed by atoms with E-state index in [9.17, 15) is 31.2 Å². The molecule has 0 aliphatic carbocycles. The highest BCUT2D eigenvalue weighted by atomic mass is 32.2. The number of sulfone groups is 1. The molecule has 0 bridgehead atoms. The van der Waals surface area contributed by atoms with E-state index >= 15 is 0 Å². The molecule has 2 amide bonds. The van der Waals surface area contributed by atoms with Crippen LogP contribution in [0.1, 0.15) is 24.8 Å². The van der Waals surface area contributed by atoms with Crippen LogP contribution in [-0.4, -0.2) is 79.6 Å². The number of carbonyl (C=O) groups excluding carboxylic acids is 2. The number of carbonyl (C=O) groups is 2. The Hall–Kier alpha value is -2.63. The van der Waals surface area contributed by atoms with Gasteiger partial charge in [0.05, 0.1) is 23.1 Å². The molecule has 3 aliphatic heterocycles. The van der Waals surface area contributed by atoms with Crippen molar-refractivity contribution in [3.05, 3.63) is 29.8 Å². The van der Waals surface area contributed by atoms with E-state index in [1.165, 1.54) is 6.07 Å². The molecule has 0 saturated carbocycles. The average molecular weight is 472 g/mol. The van der Waals surface area contributed by atoms with E-state index in [-0.39, 0.29) is 41.9 Å². The summed E-state index contributed by atoms with van der Waals surface area (Å²) in [5.74, 6) is -0.776. The van der Waals surface area contributed by atoms with E-state index in [1.54, 1.807) is 15.9 Å². The van der Waals surface area contributed by atoms with Crippen LogP contribution in [0.2, 0.25) is 0 Å². The second-order valence-electron chi connectivity index (χ2n) is 8.17. The second-order valence-corrected chi connectivity index (χ2v) is 10.4. The van der Waals surface area contributed by atoms with Gasteiger partial charge in [-0.25, -0.2) is 13.4 Å². The summed E-state index contributed by atoms with van der Waals surface area (Å²) in [5, 5.41) is 5.36. The third-order valence-corrected chi connectivity index (χ3v) is 7.72. The SMILES string of the molecule is O=C(C1=NN(C2CCS(=O)(=O)C2)C(=O)CC1)N1CCN(c2cccc(C(F)(F)F)c2)CC1. The van der Waals surface area contributed by atoms with Crippen molar-refractivity contribution in [1.82, 2.24) is 9.91 Å². The van der Waals surface area contributed by atoms with Gasteiger partial charge in [0, 0.05) is 44.7 Å². The van der Waals surface area contributed by atoms with Crippen LogP contribution < -0.4 is 4.90 Å². The van der Waals surface area contributed by atoms with Crippen LogP contribution in [0, 0.1) is 0 Å². The zero-order chi connectivity index (χ0) is 23.1. The molecule has 3 aliphatic rings. The Kier molecular flexibility index (Phi) is 5.91. The van der Waals surface area contributed by atoms with Gasteiger partial charge >= 0.3 is 6.18 Å². The van der Waals surface area contributed by atoms with E-state index in [0.717, 1.165) is 17.1 Å². The molecule has 1 aromatic carbocycles. The van der Waals surface area contributed by atoms with Gasteiger partial charge in [-0.15, -0.1) is 0 Å². The fraction of sp³-hybridized carbons (Fsp3) is 0.550. The largest absolute Gasteiger partial charge is 0.416 e. The summed E-state index contributed by atoms with van der Waals surface area (Å²) in [7, 11) is -3.21. The van der Waals surface area contributed by atoms with Gasteiger partial charge < -0.3 is 9.80 Å². The van der Waals surface area contributed by atoms with E-state index in [2.05, 4.69) is 5.10 Å². The normalized spacial score (nSPS) is 24.0. The minimum absolute atomic E-state index is 0.00224. The summed E-state index contributed by atoms with van der Waals surface area (Å²) in [6.07, 6.45) is -3.85. The molecular weight excluding hydrogens is 449 g/mol. The van der Waals surface area contributed by atoms with Gasteiger partial charge in [0.2, 0.25) is 5.91 Å². The minimum Gasteiger partial charge on any atom is -0.368 e. The van der Waals surface area contributed by atoms with Crippen LogP contribution in [0.5, 0.6) is 0 Å². The first-order chi connectivity index (χ1) is 15.0. The zero-order valence-electron chi connectivity index (χ0n) is 17.2. The van der Waals surface area contributed by atoms with Gasteiger partial charge in [-0.2, -0.15) is 18.3 Å². The number of alkyl halides is 3. The first kappa shape index (κ1) is 22.6. The molecule has 32 heavy (non-hydrogen) atoms. The smallest absolute Gasteiger partial charge is 0.368 e. The van der Waals surface area contributed by atoms with Gasteiger partial charge in [-0.05, 0) is 24.6 Å². The highest BCUT2D eigenvalue weighted by Crippen LogP contribution is 2.32. The molecule has 0 aromatic heterocycles. The van der Waals surface area contributed by atoms with Crippen LogP contribution >= 0.6 is 0 Å². The van der Waals surface area contributed by atoms with E-state index < -0.39 is 27.6 Å². The molecule has 12 heteroatoms. The van der Waals surface area contributed by atoms with E-state index in [0.29, 0.717) is 38.3 Å². The fourth-order valence-corrected chi connectivity index (χ4v) is 5.90. The lowest BCUT2D eigenvalue weighted by Gasteiger charge is -2.37. The predicted octanol–water partition coefficient (Wildman–Crippen LogP) is 1.52. The number of benzene rings is 1. The molecule has 1 aromatic rings. The minimum atomic E-state index is -4.42.